The van der Waals surface area contributed by atoms with Crippen LogP contribution in [-0.4, -0.2) is 12.5 Å². The van der Waals surface area contributed by atoms with E-state index in [2.05, 4.69) is 5.43 Å². The maximum atomic E-state index is 12.3. The largest absolute Gasteiger partial charge is 0.416 e. The third-order valence-corrected chi connectivity index (χ3v) is 2.55. The molecule has 1 amide bonds. The summed E-state index contributed by atoms with van der Waals surface area (Å²) in [6.45, 7) is 0.608. The zero-order valence-electron chi connectivity index (χ0n) is 8.92. The van der Waals surface area contributed by atoms with Gasteiger partial charge in [-0.15, -0.1) is 0 Å². The first-order valence-electron chi connectivity index (χ1n) is 5.21. The number of benzene rings is 1. The smallest absolute Gasteiger partial charge is 0.286 e. The van der Waals surface area contributed by atoms with Crippen LogP contribution in [0.15, 0.2) is 24.3 Å². The van der Waals surface area contributed by atoms with Crippen molar-refractivity contribution in [2.75, 3.05) is 11.6 Å². The van der Waals surface area contributed by atoms with Crippen molar-refractivity contribution in [1.82, 2.24) is 5.43 Å². The Labute approximate surface area is 96.2 Å². The zero-order valence-corrected chi connectivity index (χ0v) is 8.92. The molecule has 2 rings (SSSR count). The molecular weight excluding hydrogens is 233 g/mol. The summed E-state index contributed by atoms with van der Waals surface area (Å²) in [5, 5.41) is 1.56. The van der Waals surface area contributed by atoms with Gasteiger partial charge >= 0.3 is 6.18 Å². The molecule has 0 radical (unpaired) electrons. The highest BCUT2D eigenvalue weighted by atomic mass is 19.4. The number of halogens is 3. The lowest BCUT2D eigenvalue weighted by Crippen LogP contribution is -2.46. The van der Waals surface area contributed by atoms with Crippen LogP contribution in [0.25, 0.3) is 0 Å². The number of anilines is 1. The van der Waals surface area contributed by atoms with Crippen LogP contribution in [0.1, 0.15) is 18.4 Å². The molecule has 1 N–H and O–H groups in total. The summed E-state index contributed by atoms with van der Waals surface area (Å²) in [4.78, 5) is 11.1. The van der Waals surface area contributed by atoms with Crippen molar-refractivity contribution in [2.24, 2.45) is 0 Å². The molecule has 92 valence electrons. The Kier molecular flexibility index (Phi) is 2.95. The van der Waals surface area contributed by atoms with E-state index in [1.54, 1.807) is 5.01 Å². The van der Waals surface area contributed by atoms with Crippen LogP contribution < -0.4 is 10.4 Å². The summed E-state index contributed by atoms with van der Waals surface area (Å²) in [5.41, 5.74) is 2.47. The summed E-state index contributed by atoms with van der Waals surface area (Å²) >= 11 is 0. The second-order valence-corrected chi connectivity index (χ2v) is 3.83. The molecule has 0 aliphatic carbocycles. The van der Waals surface area contributed by atoms with Crippen LogP contribution >= 0.6 is 0 Å². The maximum absolute atomic E-state index is 12.3. The minimum Gasteiger partial charge on any atom is -0.286 e. The highest BCUT2D eigenvalue weighted by Gasteiger charge is 2.30. The van der Waals surface area contributed by atoms with E-state index >= 15 is 0 Å². The lowest BCUT2D eigenvalue weighted by atomic mass is 10.2. The van der Waals surface area contributed by atoms with Gasteiger partial charge < -0.3 is 0 Å². The third kappa shape index (κ3) is 2.69. The van der Waals surface area contributed by atoms with Crippen molar-refractivity contribution >= 4 is 11.6 Å². The molecule has 0 saturated carbocycles. The van der Waals surface area contributed by atoms with Crippen molar-refractivity contribution in [3.8, 4) is 0 Å². The number of nitrogens with one attached hydrogen (secondary N) is 1. The molecule has 1 aromatic carbocycles. The number of hydrogen-bond donors (Lipinski definition) is 1. The van der Waals surface area contributed by atoms with Gasteiger partial charge in [-0.3, -0.25) is 15.2 Å². The van der Waals surface area contributed by atoms with Crippen molar-refractivity contribution in [2.45, 2.75) is 19.0 Å². The van der Waals surface area contributed by atoms with Gasteiger partial charge in [0.2, 0.25) is 5.91 Å². The molecule has 1 heterocycles. The number of nitrogens with zero attached hydrogens (tertiary/aromatic N) is 1. The summed E-state index contributed by atoms with van der Waals surface area (Å²) in [6.07, 6.45) is -3.17. The fourth-order valence-electron chi connectivity index (χ4n) is 1.68. The second-order valence-electron chi connectivity index (χ2n) is 3.83. The summed E-state index contributed by atoms with van der Waals surface area (Å²) in [6, 6.07) is 4.73. The number of rotatable bonds is 1. The number of carbonyl (C=O) groups excluding carboxylic acids is 1. The number of alkyl halides is 3. The Balaban J connectivity index is 2.15. The van der Waals surface area contributed by atoms with Gasteiger partial charge in [-0.05, 0) is 30.7 Å². The summed E-state index contributed by atoms with van der Waals surface area (Å²) < 4.78 is 37.0. The molecular formula is C11H11F3N2O. The van der Waals surface area contributed by atoms with Gasteiger partial charge in [0.25, 0.3) is 0 Å². The van der Waals surface area contributed by atoms with Crippen molar-refractivity contribution < 1.29 is 18.0 Å². The highest BCUT2D eigenvalue weighted by Crippen LogP contribution is 2.30. The van der Waals surface area contributed by atoms with Crippen LogP contribution in [0.2, 0.25) is 0 Å². The molecule has 0 bridgehead atoms. The SMILES string of the molecule is O=C1CCCN(c2ccc(C(F)(F)F)cc2)N1. The molecule has 17 heavy (non-hydrogen) atoms. The first-order chi connectivity index (χ1) is 7.97. The second kappa shape index (κ2) is 4.27. The van der Waals surface area contributed by atoms with Crippen molar-refractivity contribution in [1.29, 1.82) is 0 Å². The predicted octanol–water partition coefficient (Wildman–Crippen LogP) is 2.34. The molecule has 1 saturated heterocycles. The molecule has 0 spiro atoms. The molecule has 0 atom stereocenters. The van der Waals surface area contributed by atoms with Gasteiger partial charge in [0, 0.05) is 13.0 Å². The fraction of sp³-hybridized carbons (Fsp3) is 0.364. The van der Waals surface area contributed by atoms with Crippen LogP contribution in [0.3, 0.4) is 0 Å². The number of carbonyl (C=O) groups is 1. The Bertz CT molecular complexity index is 414. The van der Waals surface area contributed by atoms with Gasteiger partial charge in [0.05, 0.1) is 11.3 Å². The number of hydrazine groups is 1. The molecule has 3 nitrogen and oxygen atoms in total. The molecule has 0 unspecified atom stereocenters. The zero-order chi connectivity index (χ0) is 12.5. The Morgan fingerprint density at radius 1 is 1.18 bits per heavy atom. The Hall–Kier alpha value is -1.72. The fourth-order valence-corrected chi connectivity index (χ4v) is 1.68. The normalized spacial score (nSPS) is 16.9. The molecule has 6 heteroatoms. The van der Waals surface area contributed by atoms with Crippen molar-refractivity contribution in [3.63, 3.8) is 0 Å². The van der Waals surface area contributed by atoms with Gasteiger partial charge in [-0.25, -0.2) is 0 Å². The lowest BCUT2D eigenvalue weighted by molar-refractivity contribution is -0.137. The maximum Gasteiger partial charge on any atom is 0.416 e. The van der Waals surface area contributed by atoms with Gasteiger partial charge in [0.15, 0.2) is 0 Å². The van der Waals surface area contributed by atoms with E-state index in [1.165, 1.54) is 12.1 Å². The first-order valence-corrected chi connectivity index (χ1v) is 5.21. The third-order valence-electron chi connectivity index (χ3n) is 2.55. The van der Waals surface area contributed by atoms with Crippen molar-refractivity contribution in [3.05, 3.63) is 29.8 Å². The average Bonchev–Trinajstić information content (AvgIpc) is 2.28. The van der Waals surface area contributed by atoms with E-state index in [0.29, 0.717) is 25.1 Å². The van der Waals surface area contributed by atoms with Gasteiger partial charge in [-0.1, -0.05) is 0 Å². The van der Waals surface area contributed by atoms with E-state index < -0.39 is 11.7 Å². The Morgan fingerprint density at radius 2 is 1.82 bits per heavy atom. The van der Waals surface area contributed by atoms with Gasteiger partial charge in [0.1, 0.15) is 0 Å². The Morgan fingerprint density at radius 3 is 2.35 bits per heavy atom. The number of amides is 1. The van der Waals surface area contributed by atoms with Crippen LogP contribution in [0.4, 0.5) is 18.9 Å². The number of hydrogen-bond acceptors (Lipinski definition) is 2. The lowest BCUT2D eigenvalue weighted by Gasteiger charge is -2.29. The highest BCUT2D eigenvalue weighted by molar-refractivity contribution is 5.79. The quantitative estimate of drug-likeness (QED) is 0.822. The van der Waals surface area contributed by atoms with E-state index in [4.69, 9.17) is 0 Å². The van der Waals surface area contributed by atoms with E-state index in [-0.39, 0.29) is 5.91 Å². The molecule has 1 aliphatic rings. The summed E-state index contributed by atoms with van der Waals surface area (Å²) in [5.74, 6) is -0.115. The van der Waals surface area contributed by atoms with Crippen LogP contribution in [-0.2, 0) is 11.0 Å². The first kappa shape index (κ1) is 11.8. The van der Waals surface area contributed by atoms with Crippen LogP contribution in [0, 0.1) is 0 Å². The topological polar surface area (TPSA) is 32.3 Å². The molecule has 1 fully saturated rings. The monoisotopic (exact) mass is 244 g/mol. The van der Waals surface area contributed by atoms with Crippen LogP contribution in [0.5, 0.6) is 0 Å². The summed E-state index contributed by atoms with van der Waals surface area (Å²) in [7, 11) is 0. The van der Waals surface area contributed by atoms with E-state index in [0.717, 1.165) is 12.1 Å². The standard InChI is InChI=1S/C11H11F3N2O/c12-11(13,14)8-3-5-9(6-4-8)16-7-1-2-10(17)15-16/h3-6H,1-2,7H2,(H,15,17). The van der Waals surface area contributed by atoms with E-state index in [1.807, 2.05) is 0 Å². The average molecular weight is 244 g/mol. The van der Waals surface area contributed by atoms with E-state index in [9.17, 15) is 18.0 Å². The van der Waals surface area contributed by atoms with Gasteiger partial charge in [-0.2, -0.15) is 13.2 Å². The minimum atomic E-state index is -4.33. The predicted molar refractivity (Wildman–Crippen MR) is 56.2 cm³/mol. The molecule has 1 aromatic rings. The minimum absolute atomic E-state index is 0.115. The molecule has 1 aliphatic heterocycles. The molecule has 0 aromatic heterocycles.